The molecular formula is C11H16O. The summed E-state index contributed by atoms with van der Waals surface area (Å²) in [5, 5.41) is 0. The lowest BCUT2D eigenvalue weighted by Crippen LogP contribution is -2.16. The van der Waals surface area contributed by atoms with Crippen LogP contribution < -0.4 is 0 Å². The molecule has 1 rings (SSSR count). The Balaban J connectivity index is 2.57. The fourth-order valence-corrected chi connectivity index (χ4v) is 1.89. The fraction of sp³-hybridized carbons (Fsp3) is 0.636. The van der Waals surface area contributed by atoms with Gasteiger partial charge in [0.05, 0.1) is 0 Å². The molecule has 0 spiro atoms. The zero-order valence-corrected chi connectivity index (χ0v) is 7.68. The van der Waals surface area contributed by atoms with Crippen molar-refractivity contribution in [2.45, 2.75) is 32.6 Å². The summed E-state index contributed by atoms with van der Waals surface area (Å²) >= 11 is 0. The molecule has 0 amide bonds. The molecule has 0 aliphatic heterocycles. The van der Waals surface area contributed by atoms with E-state index >= 15 is 0 Å². The second kappa shape index (κ2) is 4.27. The molecule has 2 unspecified atom stereocenters. The molecule has 12 heavy (non-hydrogen) atoms. The van der Waals surface area contributed by atoms with Gasteiger partial charge in [-0.05, 0) is 37.7 Å². The maximum atomic E-state index is 10.6. The third kappa shape index (κ3) is 2.09. The van der Waals surface area contributed by atoms with Crippen LogP contribution in [-0.4, -0.2) is 6.29 Å². The van der Waals surface area contributed by atoms with Crippen molar-refractivity contribution in [3.05, 3.63) is 17.9 Å². The zero-order chi connectivity index (χ0) is 8.97. The fourth-order valence-electron chi connectivity index (χ4n) is 1.89. The molecule has 0 heterocycles. The van der Waals surface area contributed by atoms with Crippen LogP contribution in [-0.2, 0) is 4.79 Å². The first-order valence-electron chi connectivity index (χ1n) is 4.59. The van der Waals surface area contributed by atoms with Crippen LogP contribution in [0.25, 0.3) is 0 Å². The molecule has 1 aliphatic carbocycles. The molecule has 1 nitrogen and oxygen atoms in total. The van der Waals surface area contributed by atoms with Gasteiger partial charge in [0, 0.05) is 5.92 Å². The quantitative estimate of drug-likeness (QED) is 0.453. The molecule has 0 bridgehead atoms. The van der Waals surface area contributed by atoms with Crippen molar-refractivity contribution in [2.24, 2.45) is 11.8 Å². The maximum absolute atomic E-state index is 10.6. The van der Waals surface area contributed by atoms with Gasteiger partial charge in [-0.2, -0.15) is 0 Å². The third-order valence-corrected chi connectivity index (χ3v) is 2.80. The summed E-state index contributed by atoms with van der Waals surface area (Å²) in [6.45, 7) is 5.70. The number of hydrogen-bond donors (Lipinski definition) is 0. The number of rotatable bonds is 2. The monoisotopic (exact) mass is 164 g/mol. The summed E-state index contributed by atoms with van der Waals surface area (Å²) in [5.41, 5.74) is 4.15. The number of carbonyl (C=O) groups is 1. The standard InChI is InChI=1S/C11H16O/c1-3-9(2)11-6-4-5-10(7-11)8-12/h8,10-11H,1,4-7H2,2H3. The minimum atomic E-state index is 0.284. The minimum Gasteiger partial charge on any atom is -0.303 e. The Kier molecular flexibility index (Phi) is 3.31. The highest BCUT2D eigenvalue weighted by Gasteiger charge is 2.22. The highest BCUT2D eigenvalue weighted by Crippen LogP contribution is 2.31. The van der Waals surface area contributed by atoms with Gasteiger partial charge in [0.2, 0.25) is 0 Å². The van der Waals surface area contributed by atoms with Crippen LogP contribution in [0.3, 0.4) is 0 Å². The minimum absolute atomic E-state index is 0.284. The van der Waals surface area contributed by atoms with Crippen LogP contribution in [0.5, 0.6) is 0 Å². The first kappa shape index (κ1) is 9.28. The third-order valence-electron chi connectivity index (χ3n) is 2.80. The molecule has 0 saturated heterocycles. The van der Waals surface area contributed by atoms with Gasteiger partial charge in [-0.3, -0.25) is 0 Å². The Morgan fingerprint density at radius 2 is 2.33 bits per heavy atom. The molecule has 2 atom stereocenters. The second-order valence-corrected chi connectivity index (χ2v) is 3.62. The highest BCUT2D eigenvalue weighted by atomic mass is 16.1. The summed E-state index contributed by atoms with van der Waals surface area (Å²) in [6, 6.07) is 0. The van der Waals surface area contributed by atoms with Gasteiger partial charge < -0.3 is 4.79 Å². The van der Waals surface area contributed by atoms with Gasteiger partial charge in [-0.1, -0.05) is 13.0 Å². The zero-order valence-electron chi connectivity index (χ0n) is 7.68. The van der Waals surface area contributed by atoms with E-state index in [1.165, 1.54) is 18.4 Å². The van der Waals surface area contributed by atoms with E-state index in [0.717, 1.165) is 19.1 Å². The first-order valence-corrected chi connectivity index (χ1v) is 4.59. The smallest absolute Gasteiger partial charge is 0.123 e. The summed E-state index contributed by atoms with van der Waals surface area (Å²) in [4.78, 5) is 10.6. The topological polar surface area (TPSA) is 17.1 Å². The number of carbonyl (C=O) groups excluding carboxylic acids is 1. The molecule has 0 radical (unpaired) electrons. The number of aldehydes is 1. The summed E-state index contributed by atoms with van der Waals surface area (Å²) in [7, 11) is 0. The molecule has 0 aromatic rings. The van der Waals surface area contributed by atoms with Crippen LogP contribution in [0, 0.1) is 11.8 Å². The Morgan fingerprint density at radius 1 is 1.58 bits per heavy atom. The van der Waals surface area contributed by atoms with E-state index < -0.39 is 0 Å². The van der Waals surface area contributed by atoms with Gasteiger partial charge in [0.1, 0.15) is 6.29 Å². The number of allylic oxidation sites excluding steroid dienone is 1. The van der Waals surface area contributed by atoms with Crippen molar-refractivity contribution in [1.82, 2.24) is 0 Å². The Labute approximate surface area is 74.2 Å². The predicted octanol–water partition coefficient (Wildman–Crippen LogP) is 2.72. The Bertz CT molecular complexity index is 211. The van der Waals surface area contributed by atoms with Crippen LogP contribution >= 0.6 is 0 Å². The van der Waals surface area contributed by atoms with E-state index in [0.29, 0.717) is 5.92 Å². The predicted molar refractivity (Wildman–Crippen MR) is 49.8 cm³/mol. The first-order chi connectivity index (χ1) is 5.77. The van der Waals surface area contributed by atoms with E-state index in [1.54, 1.807) is 0 Å². The maximum Gasteiger partial charge on any atom is 0.123 e. The van der Waals surface area contributed by atoms with E-state index in [9.17, 15) is 4.79 Å². The summed E-state index contributed by atoms with van der Waals surface area (Å²) in [5.74, 6) is 0.846. The lowest BCUT2D eigenvalue weighted by Gasteiger charge is -2.25. The van der Waals surface area contributed by atoms with Crippen molar-refractivity contribution in [3.63, 3.8) is 0 Å². The van der Waals surface area contributed by atoms with Crippen LogP contribution in [0.15, 0.2) is 17.9 Å². The summed E-state index contributed by atoms with van der Waals surface area (Å²) in [6.07, 6.45) is 5.57. The molecule has 1 fully saturated rings. The molecule has 1 heteroatoms. The van der Waals surface area contributed by atoms with E-state index in [1.807, 2.05) is 0 Å². The Morgan fingerprint density at radius 3 is 2.92 bits per heavy atom. The van der Waals surface area contributed by atoms with Crippen molar-refractivity contribution in [2.75, 3.05) is 0 Å². The Hall–Kier alpha value is -0.810. The van der Waals surface area contributed by atoms with Gasteiger partial charge in [-0.25, -0.2) is 0 Å². The normalized spacial score (nSPS) is 29.1. The van der Waals surface area contributed by atoms with E-state index in [2.05, 4.69) is 19.2 Å². The van der Waals surface area contributed by atoms with E-state index in [4.69, 9.17) is 0 Å². The van der Waals surface area contributed by atoms with Gasteiger partial charge in [-0.15, -0.1) is 5.73 Å². The SMILES string of the molecule is C=C=C(C)C1CCCC(C=O)C1. The van der Waals surface area contributed by atoms with Gasteiger partial charge in [0.15, 0.2) is 0 Å². The average Bonchev–Trinajstić information content (AvgIpc) is 2.17. The highest BCUT2D eigenvalue weighted by molar-refractivity contribution is 5.53. The number of hydrogen-bond acceptors (Lipinski definition) is 1. The summed E-state index contributed by atoms with van der Waals surface area (Å²) < 4.78 is 0. The van der Waals surface area contributed by atoms with Crippen molar-refractivity contribution in [1.29, 1.82) is 0 Å². The van der Waals surface area contributed by atoms with Gasteiger partial charge in [0.25, 0.3) is 0 Å². The van der Waals surface area contributed by atoms with Crippen LogP contribution in [0.4, 0.5) is 0 Å². The molecule has 0 aromatic heterocycles. The molecule has 66 valence electrons. The lowest BCUT2D eigenvalue weighted by molar-refractivity contribution is -0.112. The molecule has 1 aliphatic rings. The van der Waals surface area contributed by atoms with Crippen LogP contribution in [0.1, 0.15) is 32.6 Å². The molecule has 0 aromatic carbocycles. The lowest BCUT2D eigenvalue weighted by atomic mass is 9.79. The molecule has 0 N–H and O–H groups in total. The largest absolute Gasteiger partial charge is 0.303 e. The van der Waals surface area contributed by atoms with Gasteiger partial charge >= 0.3 is 0 Å². The second-order valence-electron chi connectivity index (χ2n) is 3.62. The van der Waals surface area contributed by atoms with E-state index in [-0.39, 0.29) is 5.92 Å². The molecular weight excluding hydrogens is 148 g/mol. The van der Waals surface area contributed by atoms with Crippen LogP contribution in [0.2, 0.25) is 0 Å². The average molecular weight is 164 g/mol. The molecule has 1 saturated carbocycles. The van der Waals surface area contributed by atoms with Crippen molar-refractivity contribution < 1.29 is 4.79 Å². The van der Waals surface area contributed by atoms with Crippen molar-refractivity contribution >= 4 is 6.29 Å². The van der Waals surface area contributed by atoms with Crippen molar-refractivity contribution in [3.8, 4) is 0 Å².